The normalized spacial score (nSPS) is 12.3. The van der Waals surface area contributed by atoms with Gasteiger partial charge in [0, 0.05) is 0 Å². The predicted molar refractivity (Wildman–Crippen MR) is 200 cm³/mol. The van der Waals surface area contributed by atoms with Crippen LogP contribution in [0.15, 0.2) is 36.4 Å². The van der Waals surface area contributed by atoms with Gasteiger partial charge in [-0.15, -0.1) is 0 Å². The van der Waals surface area contributed by atoms with Crippen LogP contribution in [0.1, 0.15) is 88.8 Å². The molecule has 2 heterocycles. The Bertz CT molecular complexity index is 1210. The third kappa shape index (κ3) is 11.8. The molecule has 0 spiro atoms. The van der Waals surface area contributed by atoms with Crippen molar-refractivity contribution >= 4 is 52.2 Å². The molecule has 0 aliphatic heterocycles. The van der Waals surface area contributed by atoms with Crippen LogP contribution in [0.5, 0.6) is 5.75 Å². The van der Waals surface area contributed by atoms with Gasteiger partial charge in [0.15, 0.2) is 0 Å². The molecular weight excluding hydrogens is 641 g/mol. The second-order valence-electron chi connectivity index (χ2n) is 13.9. The number of benzene rings is 1. The Labute approximate surface area is 276 Å². The van der Waals surface area contributed by atoms with Gasteiger partial charge < -0.3 is 0 Å². The van der Waals surface area contributed by atoms with Crippen molar-refractivity contribution in [3.8, 4) is 15.5 Å². The molecule has 0 saturated heterocycles. The average Bonchev–Trinajstić information content (AvgIpc) is 3.61. The van der Waals surface area contributed by atoms with E-state index in [0.29, 0.717) is 13.2 Å². The topological polar surface area (TPSA) is 18.5 Å². The summed E-state index contributed by atoms with van der Waals surface area (Å²) in [5.41, 5.74) is 4.75. The average molecular weight is 702 g/mol. The molecule has 0 atom stereocenters. The molecule has 0 bridgehead atoms. The van der Waals surface area contributed by atoms with E-state index in [1.807, 2.05) is 6.92 Å². The van der Waals surface area contributed by atoms with Gasteiger partial charge in [-0.3, -0.25) is 0 Å². The summed E-state index contributed by atoms with van der Waals surface area (Å²) >= 11 is 2.14. The van der Waals surface area contributed by atoms with Crippen LogP contribution >= 0.6 is 22.7 Å². The number of ether oxygens (including phenoxy) is 2. The Balaban J connectivity index is 1.80. The number of hydrogen-bond acceptors (Lipinski definition) is 4. The third-order valence-corrected chi connectivity index (χ3v) is 24.2. The number of thiophene rings is 2. The molecule has 240 valence electrons. The Hall–Kier alpha value is -0.860. The van der Waals surface area contributed by atoms with E-state index >= 15 is 0 Å². The zero-order valence-corrected chi connectivity index (χ0v) is 33.4. The summed E-state index contributed by atoms with van der Waals surface area (Å²) in [6.45, 7) is 16.3. The predicted octanol–water partition coefficient (Wildman–Crippen LogP) is 10.8. The van der Waals surface area contributed by atoms with Gasteiger partial charge >= 0.3 is 278 Å². The van der Waals surface area contributed by atoms with Crippen LogP contribution in [0.3, 0.4) is 0 Å². The Morgan fingerprint density at radius 1 is 0.721 bits per heavy atom. The second-order valence-corrected chi connectivity index (χ2v) is 32.2. The summed E-state index contributed by atoms with van der Waals surface area (Å²) < 4.78 is 14.7. The van der Waals surface area contributed by atoms with Crippen LogP contribution < -0.4 is 12.9 Å². The van der Waals surface area contributed by atoms with Crippen molar-refractivity contribution in [3.63, 3.8) is 0 Å². The van der Waals surface area contributed by atoms with Crippen molar-refractivity contribution in [2.45, 2.75) is 128 Å². The van der Waals surface area contributed by atoms with E-state index in [2.05, 4.69) is 104 Å². The summed E-state index contributed by atoms with van der Waals surface area (Å²) in [4.78, 5) is 3.19. The first-order chi connectivity index (χ1) is 20.6. The van der Waals surface area contributed by atoms with Crippen LogP contribution in [0.2, 0.25) is 36.4 Å². The number of hydrogen-bond donors (Lipinski definition) is 0. The van der Waals surface area contributed by atoms with Crippen LogP contribution in [-0.4, -0.2) is 41.2 Å². The van der Waals surface area contributed by atoms with Crippen molar-refractivity contribution in [3.05, 3.63) is 53.1 Å². The molecule has 6 heteroatoms. The zero-order valence-electron chi connectivity index (χ0n) is 28.7. The van der Waals surface area contributed by atoms with Crippen molar-refractivity contribution in [2.24, 2.45) is 0 Å². The van der Waals surface area contributed by atoms with E-state index < -0.39 is 21.3 Å². The van der Waals surface area contributed by atoms with E-state index in [0.717, 1.165) is 18.8 Å². The molecule has 1 aromatic carbocycles. The van der Waals surface area contributed by atoms with Crippen molar-refractivity contribution in [1.29, 1.82) is 0 Å². The van der Waals surface area contributed by atoms with Gasteiger partial charge in [0.1, 0.15) is 0 Å². The maximum atomic E-state index is 5.84. The van der Waals surface area contributed by atoms with Gasteiger partial charge in [0.05, 0.1) is 0 Å². The van der Waals surface area contributed by atoms with E-state index in [4.69, 9.17) is 9.47 Å². The molecule has 3 rings (SSSR count). The van der Waals surface area contributed by atoms with Crippen LogP contribution in [0, 0.1) is 0 Å². The molecule has 3 aromatic rings. The SMILES string of the molecule is CCCCCCc1c[c]([Ge]([CH3])([CH3])[CH2]Cc2ccc(OCCOCC)cc2)sc1-c1cc(CCCCCC)c([Si](C)(C)C)s1. The van der Waals surface area contributed by atoms with Gasteiger partial charge in [-0.2, -0.15) is 0 Å². The summed E-state index contributed by atoms with van der Waals surface area (Å²) in [7, 11) is -1.39. The fourth-order valence-electron chi connectivity index (χ4n) is 5.70. The van der Waals surface area contributed by atoms with Gasteiger partial charge in [-0.1, -0.05) is 0 Å². The molecular formula is C37H60GeO2S2Si. The Morgan fingerprint density at radius 3 is 1.98 bits per heavy atom. The Morgan fingerprint density at radius 2 is 1.37 bits per heavy atom. The van der Waals surface area contributed by atoms with Gasteiger partial charge in [-0.25, -0.2) is 0 Å². The van der Waals surface area contributed by atoms with Gasteiger partial charge in [0.2, 0.25) is 0 Å². The first-order valence-electron chi connectivity index (χ1n) is 17.1. The quantitative estimate of drug-likeness (QED) is 0.0813. The number of aryl methyl sites for hydroxylation is 3. The fraction of sp³-hybridized carbons (Fsp3) is 0.622. The molecule has 0 aliphatic carbocycles. The van der Waals surface area contributed by atoms with Crippen molar-refractivity contribution < 1.29 is 9.47 Å². The number of unbranched alkanes of at least 4 members (excludes halogenated alkanes) is 6. The van der Waals surface area contributed by atoms with E-state index in [1.165, 1.54) is 75.0 Å². The second kappa shape index (κ2) is 18.3. The minimum absolute atomic E-state index is 0.612. The van der Waals surface area contributed by atoms with E-state index in [1.54, 1.807) is 29.1 Å². The molecule has 0 aliphatic rings. The summed E-state index contributed by atoms with van der Waals surface area (Å²) in [5.74, 6) is 6.23. The standard InChI is InChI=1S/C37H60GeO2S2Si/c1-9-12-14-16-18-31-29-35(38(4,5)25-24-30-20-22-33(23-21-30)40-27-26-39-11-3)42-36(31)34-28-32(19-17-15-13-10-2)37(41-34)43(6,7)8/h20-23,28-29H,9-19,24-27H2,1-8H3. The molecule has 0 fully saturated rings. The van der Waals surface area contributed by atoms with Gasteiger partial charge in [0.25, 0.3) is 0 Å². The van der Waals surface area contributed by atoms with Crippen molar-refractivity contribution in [1.82, 2.24) is 0 Å². The maximum absolute atomic E-state index is 5.84. The monoisotopic (exact) mass is 702 g/mol. The molecule has 2 nitrogen and oxygen atoms in total. The molecule has 0 amide bonds. The van der Waals surface area contributed by atoms with E-state index in [9.17, 15) is 0 Å². The first-order valence-corrected chi connectivity index (χ1v) is 29.0. The number of rotatable bonds is 21. The first kappa shape index (κ1) is 36.6. The Kier molecular flexibility index (Phi) is 15.6. The van der Waals surface area contributed by atoms with Crippen LogP contribution in [-0.2, 0) is 24.0 Å². The van der Waals surface area contributed by atoms with Gasteiger partial charge in [-0.05, 0) is 0 Å². The van der Waals surface area contributed by atoms with Crippen molar-refractivity contribution in [2.75, 3.05) is 19.8 Å². The molecule has 0 unspecified atom stereocenters. The summed E-state index contributed by atoms with van der Waals surface area (Å²) in [6.07, 6.45) is 14.4. The third-order valence-electron chi connectivity index (χ3n) is 8.45. The molecule has 43 heavy (non-hydrogen) atoms. The zero-order chi connectivity index (χ0) is 31.3. The van der Waals surface area contributed by atoms with Crippen LogP contribution in [0.4, 0.5) is 0 Å². The molecule has 0 radical (unpaired) electrons. The molecule has 2 aromatic heterocycles. The van der Waals surface area contributed by atoms with E-state index in [-0.39, 0.29) is 0 Å². The minimum atomic E-state index is -2.20. The molecule has 0 N–H and O–H groups in total. The van der Waals surface area contributed by atoms with Crippen LogP contribution in [0.25, 0.3) is 9.75 Å². The summed E-state index contributed by atoms with van der Waals surface area (Å²) in [6, 6.07) is 14.1. The molecule has 0 saturated carbocycles. The fourth-order valence-corrected chi connectivity index (χ4v) is 17.3. The summed E-state index contributed by atoms with van der Waals surface area (Å²) in [5, 5.41) is 1.33.